The zero-order chi connectivity index (χ0) is 10.4. The molecule has 0 amide bonds. The molecule has 0 saturated carbocycles. The van der Waals surface area contributed by atoms with Gasteiger partial charge >= 0.3 is 0 Å². The Labute approximate surface area is 88.4 Å². The average molecular weight is 196 g/mol. The van der Waals surface area contributed by atoms with Crippen molar-refractivity contribution in [1.29, 1.82) is 0 Å². The molecular formula is C12H24N2. The number of likely N-dealkylation sites (tertiary alicyclic amines) is 1. The second-order valence-corrected chi connectivity index (χ2v) is 4.39. The molecule has 0 aromatic rings. The van der Waals surface area contributed by atoms with Crippen molar-refractivity contribution in [2.75, 3.05) is 26.2 Å². The molecule has 82 valence electrons. The van der Waals surface area contributed by atoms with Crippen molar-refractivity contribution in [1.82, 2.24) is 10.2 Å². The number of hydrogen-bond acceptors (Lipinski definition) is 2. The fourth-order valence-corrected chi connectivity index (χ4v) is 2.16. The molecule has 1 N–H and O–H groups in total. The molecule has 1 aliphatic heterocycles. The summed E-state index contributed by atoms with van der Waals surface area (Å²) in [5.74, 6) is 0.864. The maximum atomic E-state index is 3.70. The van der Waals surface area contributed by atoms with Gasteiger partial charge in [0.15, 0.2) is 0 Å². The summed E-state index contributed by atoms with van der Waals surface area (Å²) in [5, 5.41) is 3.36. The first-order chi connectivity index (χ1) is 6.75. The van der Waals surface area contributed by atoms with Gasteiger partial charge < -0.3 is 5.32 Å². The molecule has 1 heterocycles. The summed E-state index contributed by atoms with van der Waals surface area (Å²) in [7, 11) is 0. The minimum Gasteiger partial charge on any atom is -0.312 e. The van der Waals surface area contributed by atoms with Crippen LogP contribution in [0.25, 0.3) is 0 Å². The van der Waals surface area contributed by atoms with Gasteiger partial charge in [0.25, 0.3) is 0 Å². The molecule has 14 heavy (non-hydrogen) atoms. The first kappa shape index (κ1) is 11.7. The van der Waals surface area contributed by atoms with E-state index in [-0.39, 0.29) is 0 Å². The number of rotatable bonds is 5. The van der Waals surface area contributed by atoms with Crippen molar-refractivity contribution < 1.29 is 0 Å². The first-order valence-corrected chi connectivity index (χ1v) is 5.81. The topological polar surface area (TPSA) is 15.3 Å². The third-order valence-electron chi connectivity index (χ3n) is 3.37. The minimum absolute atomic E-state index is 0.759. The quantitative estimate of drug-likeness (QED) is 0.533. The van der Waals surface area contributed by atoms with Crippen LogP contribution in [-0.2, 0) is 0 Å². The molecule has 0 bridgehead atoms. The van der Waals surface area contributed by atoms with E-state index in [1.54, 1.807) is 0 Å². The summed E-state index contributed by atoms with van der Waals surface area (Å²) in [5.41, 5.74) is 0. The zero-order valence-corrected chi connectivity index (χ0v) is 9.63. The lowest BCUT2D eigenvalue weighted by Crippen LogP contribution is -2.45. The molecule has 0 aromatic heterocycles. The van der Waals surface area contributed by atoms with Crippen molar-refractivity contribution in [3.63, 3.8) is 0 Å². The van der Waals surface area contributed by atoms with Crippen LogP contribution in [0.5, 0.6) is 0 Å². The summed E-state index contributed by atoms with van der Waals surface area (Å²) < 4.78 is 0. The van der Waals surface area contributed by atoms with E-state index >= 15 is 0 Å². The van der Waals surface area contributed by atoms with Crippen molar-refractivity contribution in [3.05, 3.63) is 12.7 Å². The van der Waals surface area contributed by atoms with Crippen LogP contribution in [0.2, 0.25) is 0 Å². The van der Waals surface area contributed by atoms with Crippen molar-refractivity contribution in [2.24, 2.45) is 5.92 Å². The molecule has 1 aliphatic rings. The van der Waals surface area contributed by atoms with Crippen LogP contribution in [0.15, 0.2) is 12.7 Å². The van der Waals surface area contributed by atoms with E-state index in [0.717, 1.165) is 25.0 Å². The maximum Gasteiger partial charge on any atom is 0.0132 e. The molecule has 1 fully saturated rings. The Hall–Kier alpha value is -0.340. The van der Waals surface area contributed by atoms with Crippen molar-refractivity contribution in [3.8, 4) is 0 Å². The average Bonchev–Trinajstić information content (AvgIpc) is 2.19. The third kappa shape index (κ3) is 3.43. The molecule has 2 atom stereocenters. The van der Waals surface area contributed by atoms with Gasteiger partial charge in [0.2, 0.25) is 0 Å². The Morgan fingerprint density at radius 1 is 1.50 bits per heavy atom. The first-order valence-electron chi connectivity index (χ1n) is 5.81. The monoisotopic (exact) mass is 196 g/mol. The Bertz CT molecular complexity index is 168. The largest absolute Gasteiger partial charge is 0.312 e. The number of nitrogens with zero attached hydrogens (tertiary/aromatic N) is 1. The Morgan fingerprint density at radius 2 is 2.29 bits per heavy atom. The molecular weight excluding hydrogens is 172 g/mol. The van der Waals surface area contributed by atoms with Crippen LogP contribution >= 0.6 is 0 Å². The predicted molar refractivity (Wildman–Crippen MR) is 62.5 cm³/mol. The highest BCUT2D eigenvalue weighted by molar-refractivity contribution is 4.79. The number of nitrogens with one attached hydrogen (secondary N) is 1. The zero-order valence-electron chi connectivity index (χ0n) is 9.63. The van der Waals surface area contributed by atoms with Gasteiger partial charge in [-0.3, -0.25) is 4.90 Å². The number of piperidine rings is 1. The lowest BCUT2D eigenvalue weighted by Gasteiger charge is -2.37. The van der Waals surface area contributed by atoms with Gasteiger partial charge in [-0.05, 0) is 32.2 Å². The van der Waals surface area contributed by atoms with Gasteiger partial charge in [-0.15, -0.1) is 6.58 Å². The molecule has 1 saturated heterocycles. The third-order valence-corrected chi connectivity index (χ3v) is 3.37. The van der Waals surface area contributed by atoms with Gasteiger partial charge in [0.05, 0.1) is 0 Å². The molecule has 1 rings (SSSR count). The number of hydrogen-bond donors (Lipinski definition) is 1. The fourth-order valence-electron chi connectivity index (χ4n) is 2.16. The summed E-state index contributed by atoms with van der Waals surface area (Å²) in [6.45, 7) is 12.9. The van der Waals surface area contributed by atoms with Crippen molar-refractivity contribution >= 4 is 0 Å². The van der Waals surface area contributed by atoms with Crippen LogP contribution in [-0.4, -0.2) is 37.1 Å². The van der Waals surface area contributed by atoms with E-state index < -0.39 is 0 Å². The molecule has 0 radical (unpaired) electrons. The van der Waals surface area contributed by atoms with Gasteiger partial charge in [-0.2, -0.15) is 0 Å². The second kappa shape index (κ2) is 6.20. The highest BCUT2D eigenvalue weighted by Crippen LogP contribution is 2.21. The molecule has 2 heteroatoms. The van der Waals surface area contributed by atoms with Crippen LogP contribution < -0.4 is 5.32 Å². The minimum atomic E-state index is 0.759. The van der Waals surface area contributed by atoms with E-state index in [0.29, 0.717) is 0 Å². The highest BCUT2D eigenvalue weighted by Gasteiger charge is 2.23. The van der Waals surface area contributed by atoms with E-state index in [9.17, 15) is 0 Å². The Morgan fingerprint density at radius 3 is 3.00 bits per heavy atom. The van der Waals surface area contributed by atoms with Crippen molar-refractivity contribution in [2.45, 2.75) is 32.7 Å². The lowest BCUT2D eigenvalue weighted by molar-refractivity contribution is 0.115. The van der Waals surface area contributed by atoms with Crippen LogP contribution in [0, 0.1) is 5.92 Å². The normalized spacial score (nSPS) is 29.0. The molecule has 2 unspecified atom stereocenters. The summed E-state index contributed by atoms with van der Waals surface area (Å²) in [6.07, 6.45) is 4.69. The lowest BCUT2D eigenvalue weighted by atomic mass is 9.92. The molecule has 0 aromatic carbocycles. The SMILES string of the molecule is C=CCNCCN1CCCC(C)C1C. The molecule has 2 nitrogen and oxygen atoms in total. The molecule has 0 spiro atoms. The van der Waals surface area contributed by atoms with E-state index in [4.69, 9.17) is 0 Å². The van der Waals surface area contributed by atoms with Crippen LogP contribution in [0.1, 0.15) is 26.7 Å². The maximum absolute atomic E-state index is 3.70. The van der Waals surface area contributed by atoms with E-state index in [2.05, 4.69) is 30.6 Å². The van der Waals surface area contributed by atoms with E-state index in [1.807, 2.05) is 6.08 Å². The smallest absolute Gasteiger partial charge is 0.0132 e. The predicted octanol–water partition coefficient (Wildman–Crippen LogP) is 1.88. The van der Waals surface area contributed by atoms with Crippen LogP contribution in [0.4, 0.5) is 0 Å². The van der Waals surface area contributed by atoms with E-state index in [1.165, 1.54) is 25.9 Å². The summed E-state index contributed by atoms with van der Waals surface area (Å²) in [6, 6.07) is 0.759. The Kier molecular flexibility index (Phi) is 5.20. The standard InChI is InChI=1S/C12H24N2/c1-4-7-13-8-10-14-9-5-6-11(2)12(14)3/h4,11-13H,1,5-10H2,2-3H3. The summed E-state index contributed by atoms with van der Waals surface area (Å²) in [4.78, 5) is 2.60. The van der Waals surface area contributed by atoms with Gasteiger partial charge in [0, 0.05) is 25.7 Å². The fraction of sp³-hybridized carbons (Fsp3) is 0.833. The summed E-state index contributed by atoms with van der Waals surface area (Å²) >= 11 is 0. The molecule has 0 aliphatic carbocycles. The van der Waals surface area contributed by atoms with Crippen LogP contribution in [0.3, 0.4) is 0 Å². The van der Waals surface area contributed by atoms with Gasteiger partial charge in [-0.25, -0.2) is 0 Å². The van der Waals surface area contributed by atoms with Gasteiger partial charge in [0.1, 0.15) is 0 Å². The Balaban J connectivity index is 2.18. The van der Waals surface area contributed by atoms with Gasteiger partial charge in [-0.1, -0.05) is 13.0 Å². The highest BCUT2D eigenvalue weighted by atomic mass is 15.2. The second-order valence-electron chi connectivity index (χ2n) is 4.39.